The van der Waals surface area contributed by atoms with Gasteiger partial charge in [0.2, 0.25) is 0 Å². The van der Waals surface area contributed by atoms with Gasteiger partial charge in [-0.05, 0) is 109 Å². The molecule has 4 heteroatoms. The number of nitrogens with zero attached hydrogens (tertiary/aromatic N) is 1. The summed E-state index contributed by atoms with van der Waals surface area (Å²) >= 11 is 1.90. The minimum atomic E-state index is -2.88. The largest absolute Gasteiger partial charge is 0.453 e. The molecule has 0 saturated heterocycles. The fourth-order valence-electron chi connectivity index (χ4n) is 10.3. The molecule has 59 heavy (non-hydrogen) atoms. The zero-order valence-corrected chi connectivity index (χ0v) is 33.9. The first kappa shape index (κ1) is 34.2. The number of ether oxygens (including phenoxy) is 1. The van der Waals surface area contributed by atoms with Crippen LogP contribution in [-0.4, -0.2) is 8.07 Å². The van der Waals surface area contributed by atoms with E-state index in [1.165, 1.54) is 63.9 Å². The second-order valence-corrected chi connectivity index (χ2v) is 20.4. The van der Waals surface area contributed by atoms with Crippen LogP contribution in [0.15, 0.2) is 234 Å². The molecule has 1 spiro atoms. The molecule has 0 fully saturated rings. The molecule has 0 aromatic heterocycles. The molecule has 3 aliphatic rings. The van der Waals surface area contributed by atoms with Crippen LogP contribution in [-0.2, 0) is 5.41 Å². The lowest BCUT2D eigenvalue weighted by Crippen LogP contribution is -2.79. The Morgan fingerprint density at radius 2 is 0.864 bits per heavy atom. The van der Waals surface area contributed by atoms with Gasteiger partial charge in [0.25, 0.3) is 0 Å². The molecular formula is C55H37NOSSi. The predicted molar refractivity (Wildman–Crippen MR) is 246 cm³/mol. The van der Waals surface area contributed by atoms with E-state index < -0.39 is 13.5 Å². The van der Waals surface area contributed by atoms with E-state index in [1.54, 1.807) is 0 Å². The third-order valence-electron chi connectivity index (χ3n) is 12.7. The van der Waals surface area contributed by atoms with Crippen molar-refractivity contribution in [1.82, 2.24) is 0 Å². The summed E-state index contributed by atoms with van der Waals surface area (Å²) in [6.45, 7) is 0. The average molecular weight is 788 g/mol. The van der Waals surface area contributed by atoms with Gasteiger partial charge in [-0.25, -0.2) is 0 Å². The van der Waals surface area contributed by atoms with Crippen LogP contribution >= 0.6 is 11.8 Å². The summed E-state index contributed by atoms with van der Waals surface area (Å²) in [5, 5.41) is 5.67. The van der Waals surface area contributed by atoms with Gasteiger partial charge in [-0.15, -0.1) is 0 Å². The van der Waals surface area contributed by atoms with Gasteiger partial charge in [0.1, 0.15) is 0 Å². The van der Waals surface area contributed by atoms with Crippen LogP contribution < -0.4 is 30.4 Å². The molecule has 3 aliphatic heterocycles. The number of anilines is 3. The molecule has 9 aromatic carbocycles. The topological polar surface area (TPSA) is 12.5 Å². The Hall–Kier alpha value is -6.85. The first-order chi connectivity index (χ1) is 29.3. The van der Waals surface area contributed by atoms with Crippen LogP contribution in [0, 0.1) is 0 Å². The van der Waals surface area contributed by atoms with E-state index >= 15 is 0 Å². The lowest BCUT2D eigenvalue weighted by molar-refractivity contribution is 0.477. The van der Waals surface area contributed by atoms with Crippen molar-refractivity contribution in [3.05, 3.63) is 247 Å². The van der Waals surface area contributed by atoms with E-state index in [1.807, 2.05) is 36.0 Å². The summed E-state index contributed by atoms with van der Waals surface area (Å²) < 4.78 is 6.35. The molecule has 0 N–H and O–H groups in total. The van der Waals surface area contributed by atoms with E-state index in [9.17, 15) is 0 Å². The van der Waals surface area contributed by atoms with E-state index in [2.05, 4.69) is 205 Å². The van der Waals surface area contributed by atoms with Crippen molar-refractivity contribution >= 4 is 57.6 Å². The van der Waals surface area contributed by atoms with Gasteiger partial charge in [-0.3, -0.25) is 0 Å². The molecule has 0 aliphatic carbocycles. The number of hydrogen-bond donors (Lipinski definition) is 0. The van der Waals surface area contributed by atoms with E-state index in [-0.39, 0.29) is 0 Å². The van der Waals surface area contributed by atoms with Crippen LogP contribution in [0.3, 0.4) is 0 Å². The summed E-state index contributed by atoms with van der Waals surface area (Å²) in [7, 11) is -2.88. The normalized spacial score (nSPS) is 14.7. The van der Waals surface area contributed by atoms with Crippen molar-refractivity contribution < 1.29 is 4.74 Å². The van der Waals surface area contributed by atoms with Gasteiger partial charge in [-0.1, -0.05) is 182 Å². The summed E-state index contributed by atoms with van der Waals surface area (Å²) in [5.41, 5.74) is 10.4. The smallest absolute Gasteiger partial charge is 0.180 e. The van der Waals surface area contributed by atoms with Gasteiger partial charge < -0.3 is 9.64 Å². The number of rotatable bonds is 4. The third-order valence-corrected chi connectivity index (χ3v) is 18.7. The molecule has 0 bridgehead atoms. The number of para-hydroxylation sites is 4. The Labute approximate surface area is 350 Å². The maximum Gasteiger partial charge on any atom is 0.180 e. The summed E-state index contributed by atoms with van der Waals surface area (Å²) in [6.07, 6.45) is 0. The highest BCUT2D eigenvalue weighted by Crippen LogP contribution is 2.57. The van der Waals surface area contributed by atoms with Crippen molar-refractivity contribution in [3.8, 4) is 22.6 Å². The number of hydrogen-bond acceptors (Lipinski definition) is 3. The zero-order chi connectivity index (χ0) is 39.0. The second kappa shape index (κ2) is 13.4. The molecule has 12 rings (SSSR count). The maximum atomic E-state index is 6.35. The molecule has 0 radical (unpaired) electrons. The fourth-order valence-corrected chi connectivity index (χ4v) is 16.8. The van der Waals surface area contributed by atoms with Gasteiger partial charge in [0.15, 0.2) is 19.6 Å². The Kier molecular flexibility index (Phi) is 7.74. The minimum absolute atomic E-state index is 0.540. The van der Waals surface area contributed by atoms with Crippen LogP contribution in [0.5, 0.6) is 11.5 Å². The van der Waals surface area contributed by atoms with Gasteiger partial charge in [0, 0.05) is 15.5 Å². The van der Waals surface area contributed by atoms with E-state index in [0.29, 0.717) is 0 Å². The highest BCUT2D eigenvalue weighted by atomic mass is 32.2. The minimum Gasteiger partial charge on any atom is -0.453 e. The molecule has 0 atom stereocenters. The lowest BCUT2D eigenvalue weighted by atomic mass is 9.64. The van der Waals surface area contributed by atoms with Crippen LogP contribution in [0.25, 0.3) is 11.1 Å². The quantitative estimate of drug-likeness (QED) is 0.165. The third kappa shape index (κ3) is 4.88. The maximum absolute atomic E-state index is 6.35. The highest BCUT2D eigenvalue weighted by Gasteiger charge is 2.57. The Morgan fingerprint density at radius 1 is 0.390 bits per heavy atom. The molecule has 278 valence electrons. The summed E-state index contributed by atoms with van der Waals surface area (Å²) in [5.74, 6) is 1.71. The number of fused-ring (bicyclic) bond motifs is 10. The van der Waals surface area contributed by atoms with Crippen LogP contribution in [0.1, 0.15) is 22.3 Å². The SMILES string of the molecule is c1ccc([Si]2(c3ccccc3)c3ccccc3C3(c4ccccc4Sc4ccccc43)c3cc(-c4ccc(N5c6ccccc6Oc6ccccc65)cc4)ccc32)cc1. The summed E-state index contributed by atoms with van der Waals surface area (Å²) in [6, 6.07) is 83.5. The van der Waals surface area contributed by atoms with E-state index in [0.717, 1.165) is 28.6 Å². The predicted octanol–water partition coefficient (Wildman–Crippen LogP) is 11.5. The Morgan fingerprint density at radius 3 is 1.47 bits per heavy atom. The van der Waals surface area contributed by atoms with Crippen molar-refractivity contribution in [2.45, 2.75) is 15.2 Å². The Balaban J connectivity index is 1.14. The van der Waals surface area contributed by atoms with Gasteiger partial charge in [0.05, 0.1) is 16.8 Å². The molecule has 0 unspecified atom stereocenters. The molecule has 9 aromatic rings. The zero-order valence-electron chi connectivity index (χ0n) is 32.1. The van der Waals surface area contributed by atoms with Crippen LogP contribution in [0.2, 0.25) is 0 Å². The summed E-state index contributed by atoms with van der Waals surface area (Å²) in [4.78, 5) is 4.92. The van der Waals surface area contributed by atoms with Crippen molar-refractivity contribution in [3.63, 3.8) is 0 Å². The first-order valence-electron chi connectivity index (χ1n) is 20.3. The van der Waals surface area contributed by atoms with Crippen LogP contribution in [0.4, 0.5) is 17.1 Å². The average Bonchev–Trinajstić information content (AvgIpc) is 3.31. The van der Waals surface area contributed by atoms with Crippen molar-refractivity contribution in [2.24, 2.45) is 0 Å². The van der Waals surface area contributed by atoms with Gasteiger partial charge >= 0.3 is 0 Å². The molecular weight excluding hydrogens is 751 g/mol. The first-order valence-corrected chi connectivity index (χ1v) is 23.1. The standard InChI is InChI=1S/C55H37NOSSi/c1-3-17-41(18-4-1)59(42-19-5-2-6-20-42)53-30-16-9-23-45(53)55(43-21-7-14-28-51(43)58-52-29-15-8-22-44(52)55)46-37-39(33-36-54(46)59)38-31-34-40(35-32-38)56-47-24-10-12-26-49(47)57-50-27-13-11-25-48(50)56/h1-37H. The van der Waals surface area contributed by atoms with Crippen molar-refractivity contribution in [1.29, 1.82) is 0 Å². The van der Waals surface area contributed by atoms with Gasteiger partial charge in [-0.2, -0.15) is 0 Å². The van der Waals surface area contributed by atoms with Crippen molar-refractivity contribution in [2.75, 3.05) is 4.90 Å². The monoisotopic (exact) mass is 787 g/mol. The van der Waals surface area contributed by atoms with E-state index in [4.69, 9.17) is 4.74 Å². The fraction of sp³-hybridized carbons (Fsp3) is 0.0182. The number of benzene rings is 9. The molecule has 3 heterocycles. The lowest BCUT2D eigenvalue weighted by Gasteiger charge is -2.51. The molecule has 0 saturated carbocycles. The molecule has 2 nitrogen and oxygen atoms in total. The Bertz CT molecular complexity index is 2940. The highest BCUT2D eigenvalue weighted by molar-refractivity contribution is 7.99. The second-order valence-electron chi connectivity index (χ2n) is 15.6. The molecule has 0 amide bonds.